The molecule has 182 valence electrons. The fourth-order valence-electron chi connectivity index (χ4n) is 7.10. The zero-order chi connectivity index (χ0) is 22.9. The number of ether oxygens (including phenoxy) is 1. The molecule has 3 unspecified atom stereocenters. The molecule has 2 bridgehead atoms. The SMILES string of the molecule is C[C@H]1CC23CCCC(C2C(=O)CC3)[C@H](OC(=O)CSCCN2CCN(C)CC2)CC1(C)C. The van der Waals surface area contributed by atoms with E-state index < -0.39 is 0 Å². The van der Waals surface area contributed by atoms with Crippen molar-refractivity contribution in [2.24, 2.45) is 28.6 Å². The number of Topliss-reactive ketones (excluding diaryl/α,β-unsaturated/α-hetero) is 1. The number of hydrogen-bond donors (Lipinski definition) is 0. The molecule has 5 atom stereocenters. The maximum atomic E-state index is 13.0. The van der Waals surface area contributed by atoms with Crippen molar-refractivity contribution in [1.82, 2.24) is 9.80 Å². The van der Waals surface area contributed by atoms with E-state index in [0.29, 0.717) is 17.5 Å². The van der Waals surface area contributed by atoms with Gasteiger partial charge >= 0.3 is 5.97 Å². The highest BCUT2D eigenvalue weighted by Gasteiger charge is 2.58. The topological polar surface area (TPSA) is 49.9 Å². The van der Waals surface area contributed by atoms with Crippen molar-refractivity contribution in [3.05, 3.63) is 0 Å². The first-order chi connectivity index (χ1) is 15.2. The number of esters is 1. The van der Waals surface area contributed by atoms with Crippen LogP contribution in [0, 0.1) is 28.6 Å². The van der Waals surface area contributed by atoms with Gasteiger partial charge in [-0.05, 0) is 55.9 Å². The maximum absolute atomic E-state index is 13.0. The van der Waals surface area contributed by atoms with Crippen LogP contribution in [0.4, 0.5) is 0 Å². The number of carbonyl (C=O) groups is 2. The summed E-state index contributed by atoms with van der Waals surface area (Å²) in [4.78, 5) is 30.8. The summed E-state index contributed by atoms with van der Waals surface area (Å²) in [5, 5.41) is 0. The van der Waals surface area contributed by atoms with E-state index in [1.807, 2.05) is 0 Å². The van der Waals surface area contributed by atoms with Crippen LogP contribution in [0.3, 0.4) is 0 Å². The van der Waals surface area contributed by atoms with E-state index >= 15 is 0 Å². The quantitative estimate of drug-likeness (QED) is 0.436. The Morgan fingerprint density at radius 3 is 2.66 bits per heavy atom. The molecule has 5 nitrogen and oxygen atoms in total. The number of likely N-dealkylation sites (N-methyl/N-ethyl adjacent to an activating group) is 1. The summed E-state index contributed by atoms with van der Waals surface area (Å²) in [7, 11) is 2.18. The number of carbonyl (C=O) groups excluding carboxylic acids is 2. The second-order valence-corrected chi connectivity index (χ2v) is 13.0. The minimum Gasteiger partial charge on any atom is -0.461 e. The van der Waals surface area contributed by atoms with Crippen molar-refractivity contribution in [2.75, 3.05) is 51.3 Å². The highest BCUT2D eigenvalue weighted by molar-refractivity contribution is 7.99. The van der Waals surface area contributed by atoms with Gasteiger partial charge in [-0.1, -0.05) is 27.2 Å². The molecule has 4 fully saturated rings. The average molecular weight is 465 g/mol. The first kappa shape index (κ1) is 24.5. The zero-order valence-electron chi connectivity index (χ0n) is 20.7. The molecule has 3 saturated carbocycles. The highest BCUT2D eigenvalue weighted by Crippen LogP contribution is 2.61. The van der Waals surface area contributed by atoms with Gasteiger partial charge in [0.15, 0.2) is 0 Å². The molecular formula is C26H44N2O3S. The normalized spacial score (nSPS) is 38.1. The van der Waals surface area contributed by atoms with Crippen LogP contribution >= 0.6 is 11.8 Å². The van der Waals surface area contributed by atoms with Gasteiger partial charge in [0.25, 0.3) is 0 Å². The molecule has 0 amide bonds. The van der Waals surface area contributed by atoms with Crippen molar-refractivity contribution < 1.29 is 14.3 Å². The number of piperazine rings is 1. The third-order valence-corrected chi connectivity index (χ3v) is 10.3. The van der Waals surface area contributed by atoms with Crippen molar-refractivity contribution in [3.63, 3.8) is 0 Å². The molecule has 1 aliphatic heterocycles. The lowest BCUT2D eigenvalue weighted by Gasteiger charge is -2.52. The van der Waals surface area contributed by atoms with Crippen LogP contribution in [0.15, 0.2) is 0 Å². The van der Waals surface area contributed by atoms with Gasteiger partial charge in [-0.3, -0.25) is 14.5 Å². The zero-order valence-corrected chi connectivity index (χ0v) is 21.6. The summed E-state index contributed by atoms with van der Waals surface area (Å²) >= 11 is 1.70. The van der Waals surface area contributed by atoms with Gasteiger partial charge in [0, 0.05) is 56.7 Å². The summed E-state index contributed by atoms with van der Waals surface area (Å²) in [5.41, 5.74) is 0.289. The van der Waals surface area contributed by atoms with E-state index in [1.165, 1.54) is 12.8 Å². The molecular weight excluding hydrogens is 420 g/mol. The van der Waals surface area contributed by atoms with Crippen LogP contribution in [-0.2, 0) is 14.3 Å². The van der Waals surface area contributed by atoms with E-state index in [0.717, 1.165) is 70.6 Å². The van der Waals surface area contributed by atoms with Crippen molar-refractivity contribution in [2.45, 2.75) is 71.8 Å². The molecule has 0 N–H and O–H groups in total. The number of thioether (sulfide) groups is 1. The summed E-state index contributed by atoms with van der Waals surface area (Å²) in [6.45, 7) is 12.6. The Bertz CT molecular complexity index is 691. The van der Waals surface area contributed by atoms with Crippen LogP contribution in [-0.4, -0.2) is 78.9 Å². The molecule has 4 aliphatic rings. The molecule has 0 aromatic heterocycles. The van der Waals surface area contributed by atoms with Gasteiger partial charge in [0.2, 0.25) is 0 Å². The van der Waals surface area contributed by atoms with Gasteiger partial charge < -0.3 is 9.64 Å². The van der Waals surface area contributed by atoms with Crippen molar-refractivity contribution in [3.8, 4) is 0 Å². The summed E-state index contributed by atoms with van der Waals surface area (Å²) in [6.07, 6.45) is 7.12. The third kappa shape index (κ3) is 5.22. The molecule has 32 heavy (non-hydrogen) atoms. The predicted molar refractivity (Wildman–Crippen MR) is 131 cm³/mol. The van der Waals surface area contributed by atoms with Crippen LogP contribution < -0.4 is 0 Å². The standard InChI is InChI=1S/C26H44N2O3S/c1-19-16-26-8-5-6-20(24(26)21(29)7-9-26)22(17-25(19,2)3)31-23(30)18-32-15-14-28-12-10-27(4)11-13-28/h19-20,22,24H,5-18H2,1-4H3/t19-,20?,22+,24?,26?/m0/s1. The third-order valence-electron chi connectivity index (χ3n) is 9.42. The smallest absolute Gasteiger partial charge is 0.316 e. The fraction of sp³-hybridized carbons (Fsp3) is 0.923. The fourth-order valence-corrected chi connectivity index (χ4v) is 7.86. The molecule has 1 saturated heterocycles. The largest absolute Gasteiger partial charge is 0.461 e. The maximum Gasteiger partial charge on any atom is 0.316 e. The highest BCUT2D eigenvalue weighted by atomic mass is 32.2. The predicted octanol–water partition coefficient (Wildman–Crippen LogP) is 4.10. The molecule has 0 radical (unpaired) electrons. The Kier molecular flexibility index (Phi) is 7.63. The molecule has 0 aromatic rings. The van der Waals surface area contributed by atoms with Gasteiger partial charge in [-0.2, -0.15) is 0 Å². The molecule has 6 heteroatoms. The Balaban J connectivity index is 1.35. The Morgan fingerprint density at radius 1 is 1.16 bits per heavy atom. The van der Waals surface area contributed by atoms with Crippen LogP contribution in [0.1, 0.15) is 65.7 Å². The van der Waals surface area contributed by atoms with E-state index in [1.54, 1.807) is 11.8 Å². The molecule has 3 aliphatic carbocycles. The Morgan fingerprint density at radius 2 is 1.91 bits per heavy atom. The van der Waals surface area contributed by atoms with Gasteiger partial charge in [0.05, 0.1) is 5.75 Å². The van der Waals surface area contributed by atoms with Gasteiger partial charge in [-0.25, -0.2) is 0 Å². The summed E-state index contributed by atoms with van der Waals surface area (Å²) < 4.78 is 6.22. The van der Waals surface area contributed by atoms with E-state index in [2.05, 4.69) is 37.6 Å². The number of ketones is 1. The van der Waals surface area contributed by atoms with E-state index in [4.69, 9.17) is 4.74 Å². The Labute approximate surface area is 199 Å². The second-order valence-electron chi connectivity index (χ2n) is 11.9. The average Bonchev–Trinajstić information content (AvgIpc) is 3.07. The Hall–Kier alpha value is -0.590. The van der Waals surface area contributed by atoms with E-state index in [-0.39, 0.29) is 34.7 Å². The lowest BCUT2D eigenvalue weighted by molar-refractivity contribution is -0.162. The number of rotatable bonds is 6. The van der Waals surface area contributed by atoms with Crippen LogP contribution in [0.2, 0.25) is 0 Å². The minimum atomic E-state index is -0.106. The lowest BCUT2D eigenvalue weighted by atomic mass is 9.53. The molecule has 0 spiro atoms. The second kappa shape index (κ2) is 9.95. The summed E-state index contributed by atoms with van der Waals surface area (Å²) in [6, 6.07) is 0. The molecule has 1 heterocycles. The van der Waals surface area contributed by atoms with Crippen molar-refractivity contribution >= 4 is 23.5 Å². The van der Waals surface area contributed by atoms with Crippen LogP contribution in [0.25, 0.3) is 0 Å². The van der Waals surface area contributed by atoms with Gasteiger partial charge in [0.1, 0.15) is 11.9 Å². The number of nitrogens with zero attached hydrogens (tertiary/aromatic N) is 2. The first-order valence-electron chi connectivity index (χ1n) is 12.9. The molecule has 0 aromatic carbocycles. The van der Waals surface area contributed by atoms with Crippen LogP contribution in [0.5, 0.6) is 0 Å². The first-order valence-corrected chi connectivity index (χ1v) is 14.1. The monoisotopic (exact) mass is 464 g/mol. The number of hydrogen-bond acceptors (Lipinski definition) is 6. The molecule has 4 rings (SSSR count). The lowest BCUT2D eigenvalue weighted by Crippen LogP contribution is -2.50. The van der Waals surface area contributed by atoms with E-state index in [9.17, 15) is 9.59 Å². The summed E-state index contributed by atoms with van der Waals surface area (Å²) in [5.74, 6) is 2.65. The van der Waals surface area contributed by atoms with Crippen molar-refractivity contribution in [1.29, 1.82) is 0 Å². The van der Waals surface area contributed by atoms with Gasteiger partial charge in [-0.15, -0.1) is 11.8 Å². The minimum absolute atomic E-state index is 0.0796.